The number of Topliss-reactive ketones (excluding diaryl/α,β-unsaturated/α-hetero) is 1. The van der Waals surface area contributed by atoms with Gasteiger partial charge < -0.3 is 19.6 Å². The van der Waals surface area contributed by atoms with E-state index in [1.165, 1.54) is 41.3 Å². The molecule has 6 rings (SSSR count). The fourth-order valence-electron chi connectivity index (χ4n) is 6.62. The predicted molar refractivity (Wildman–Crippen MR) is 189 cm³/mol. The van der Waals surface area contributed by atoms with Gasteiger partial charge in [-0.2, -0.15) is 13.2 Å². The first-order valence-electron chi connectivity index (χ1n) is 16.2. The Bertz CT molecular complexity index is 2200. The molecule has 1 atom stereocenters. The first-order chi connectivity index (χ1) is 24.2. The van der Waals surface area contributed by atoms with E-state index < -0.39 is 36.7 Å². The molecule has 0 spiro atoms. The lowest BCUT2D eigenvalue weighted by Gasteiger charge is -2.36. The summed E-state index contributed by atoms with van der Waals surface area (Å²) in [6, 6.07) is 26.3. The second-order valence-corrected chi connectivity index (χ2v) is 14.3. The summed E-state index contributed by atoms with van der Waals surface area (Å²) >= 11 is 0. The Hall–Kier alpha value is -5.09. The van der Waals surface area contributed by atoms with Gasteiger partial charge in [0.1, 0.15) is 5.66 Å². The first kappa shape index (κ1) is 35.7. The van der Waals surface area contributed by atoms with Gasteiger partial charge in [-0.05, 0) is 75.9 Å². The number of piperidine rings is 1. The monoisotopic (exact) mass is 714 g/mol. The second kappa shape index (κ2) is 14.3. The fourth-order valence-corrected chi connectivity index (χ4v) is 7.65. The molecule has 0 aromatic heterocycles. The molecule has 51 heavy (non-hydrogen) atoms. The van der Waals surface area contributed by atoms with Crippen molar-refractivity contribution in [2.75, 3.05) is 20.1 Å². The summed E-state index contributed by atoms with van der Waals surface area (Å²) in [5, 5.41) is 2.52. The summed E-state index contributed by atoms with van der Waals surface area (Å²) in [6.07, 6.45) is -0.866. The molecule has 5 aromatic carbocycles. The van der Waals surface area contributed by atoms with Gasteiger partial charge in [-0.25, -0.2) is 0 Å². The summed E-state index contributed by atoms with van der Waals surface area (Å²) in [7, 11) is -3.50. The molecular weight excluding hydrogens is 680 g/mol. The number of benzene rings is 5. The smallest absolute Gasteiger partial charge is 0.339 e. The van der Waals surface area contributed by atoms with E-state index in [0.717, 1.165) is 12.1 Å². The van der Waals surface area contributed by atoms with Crippen LogP contribution in [0.25, 0.3) is 27.6 Å². The van der Waals surface area contributed by atoms with Gasteiger partial charge >= 0.3 is 13.8 Å². The number of amides is 2. The third-order valence-corrected chi connectivity index (χ3v) is 10.6. The number of rotatable bonds is 8. The quantitative estimate of drug-likeness (QED) is 0.0960. The Morgan fingerprint density at radius 1 is 0.824 bits per heavy atom. The number of hydrogen-bond donors (Lipinski definition) is 2. The summed E-state index contributed by atoms with van der Waals surface area (Å²) < 4.78 is 51.7. The van der Waals surface area contributed by atoms with E-state index in [0.29, 0.717) is 53.0 Å². The van der Waals surface area contributed by atoms with Crippen molar-refractivity contribution in [3.8, 4) is 0 Å². The van der Waals surface area contributed by atoms with Crippen LogP contribution in [0.3, 0.4) is 0 Å². The predicted octanol–water partition coefficient (Wildman–Crippen LogP) is 7.89. The maximum atomic E-state index is 14.4. The standard InChI is InChI=1S/C39H34F3N2O6P/c1-43(30-19-21-44(22-20-30)35(45)18-15-25-13-16-29(17-14-25)39(40,41)42)38(47)34-24-28-9-3-2-8-27(28)23-33(34)36(46)37(51(48,49)50)32-12-6-10-26-7-4-5-11-31(26)32/h2-18,23-24,30,37H,19-22H2,1H3,(H2,48,49,50)/b18-15+. The molecule has 1 aliphatic rings. The lowest BCUT2D eigenvalue weighted by molar-refractivity contribution is -0.137. The van der Waals surface area contributed by atoms with Crippen molar-refractivity contribution in [2.24, 2.45) is 0 Å². The zero-order valence-corrected chi connectivity index (χ0v) is 28.4. The normalized spacial score (nSPS) is 15.0. The van der Waals surface area contributed by atoms with E-state index >= 15 is 0 Å². The topological polar surface area (TPSA) is 115 Å². The molecule has 1 fully saturated rings. The molecule has 2 amide bonds. The van der Waals surface area contributed by atoms with Gasteiger partial charge in [0.25, 0.3) is 5.91 Å². The van der Waals surface area contributed by atoms with Gasteiger partial charge in [-0.1, -0.05) is 78.9 Å². The molecule has 8 nitrogen and oxygen atoms in total. The minimum absolute atomic E-state index is 0.0119. The Morgan fingerprint density at radius 2 is 1.39 bits per heavy atom. The highest BCUT2D eigenvalue weighted by Crippen LogP contribution is 2.55. The summed E-state index contributed by atoms with van der Waals surface area (Å²) in [4.78, 5) is 65.8. The molecule has 1 saturated heterocycles. The van der Waals surface area contributed by atoms with Crippen molar-refractivity contribution < 1.29 is 41.9 Å². The SMILES string of the molecule is CN(C(=O)c1cc2ccccc2cc1C(=O)C(c1cccc2ccccc12)P(=O)(O)O)C1CCN(C(=O)/C=C/c2ccc(C(F)(F)F)cc2)CC1. The molecule has 262 valence electrons. The van der Waals surface area contributed by atoms with Crippen LogP contribution in [0, 0.1) is 0 Å². The van der Waals surface area contributed by atoms with Crippen LogP contribution in [0.2, 0.25) is 0 Å². The second-order valence-electron chi connectivity index (χ2n) is 12.6. The van der Waals surface area contributed by atoms with Crippen LogP contribution < -0.4 is 0 Å². The summed E-state index contributed by atoms with van der Waals surface area (Å²) in [5.41, 5.74) is -2.12. The Kier molecular flexibility index (Phi) is 9.99. The van der Waals surface area contributed by atoms with E-state index in [1.807, 2.05) is 0 Å². The maximum absolute atomic E-state index is 14.4. The zero-order chi connectivity index (χ0) is 36.5. The average Bonchev–Trinajstić information content (AvgIpc) is 3.12. The van der Waals surface area contributed by atoms with Crippen molar-refractivity contribution in [1.29, 1.82) is 0 Å². The molecule has 2 N–H and O–H groups in total. The van der Waals surface area contributed by atoms with Crippen LogP contribution in [0.1, 0.15) is 55.9 Å². The number of carbonyl (C=O) groups is 3. The molecular formula is C39H34F3N2O6P. The van der Waals surface area contributed by atoms with E-state index in [2.05, 4.69) is 0 Å². The van der Waals surface area contributed by atoms with Crippen LogP contribution in [-0.4, -0.2) is 63.4 Å². The molecule has 0 saturated carbocycles. The Morgan fingerprint density at radius 3 is 2.00 bits per heavy atom. The lowest BCUT2D eigenvalue weighted by Crippen LogP contribution is -2.47. The van der Waals surface area contributed by atoms with Gasteiger partial charge in [0.05, 0.1) is 11.1 Å². The van der Waals surface area contributed by atoms with E-state index in [1.54, 1.807) is 78.7 Å². The maximum Gasteiger partial charge on any atom is 0.416 e. The van der Waals surface area contributed by atoms with Crippen LogP contribution in [0.15, 0.2) is 109 Å². The van der Waals surface area contributed by atoms with Crippen molar-refractivity contribution in [3.63, 3.8) is 0 Å². The first-order valence-corrected chi connectivity index (χ1v) is 17.9. The average molecular weight is 715 g/mol. The number of nitrogens with zero attached hydrogens (tertiary/aromatic N) is 2. The number of likely N-dealkylation sites (tertiary alicyclic amines) is 1. The highest BCUT2D eigenvalue weighted by Gasteiger charge is 2.41. The Balaban J connectivity index is 1.24. The molecule has 1 heterocycles. The van der Waals surface area contributed by atoms with Crippen molar-refractivity contribution in [2.45, 2.75) is 30.7 Å². The van der Waals surface area contributed by atoms with Gasteiger partial charge in [0, 0.05) is 37.8 Å². The number of hydrogen-bond acceptors (Lipinski definition) is 4. The molecule has 0 radical (unpaired) electrons. The van der Waals surface area contributed by atoms with Crippen molar-refractivity contribution in [3.05, 3.63) is 137 Å². The van der Waals surface area contributed by atoms with Crippen LogP contribution in [0.5, 0.6) is 0 Å². The molecule has 1 unspecified atom stereocenters. The van der Waals surface area contributed by atoms with Crippen LogP contribution in [0.4, 0.5) is 13.2 Å². The third kappa shape index (κ3) is 7.66. The van der Waals surface area contributed by atoms with E-state index in [9.17, 15) is 41.9 Å². The minimum Gasteiger partial charge on any atom is -0.339 e. The number of ketones is 1. The molecule has 0 aliphatic carbocycles. The van der Waals surface area contributed by atoms with E-state index in [-0.39, 0.29) is 28.6 Å². The van der Waals surface area contributed by atoms with E-state index in [4.69, 9.17) is 0 Å². The van der Waals surface area contributed by atoms with Gasteiger partial charge in [-0.3, -0.25) is 18.9 Å². The van der Waals surface area contributed by atoms with Gasteiger partial charge in [-0.15, -0.1) is 0 Å². The highest BCUT2D eigenvalue weighted by molar-refractivity contribution is 7.53. The number of fused-ring (bicyclic) bond motifs is 2. The lowest BCUT2D eigenvalue weighted by atomic mass is 9.91. The third-order valence-electron chi connectivity index (χ3n) is 9.38. The number of carbonyl (C=O) groups excluding carboxylic acids is 3. The highest BCUT2D eigenvalue weighted by atomic mass is 31.2. The number of alkyl halides is 3. The largest absolute Gasteiger partial charge is 0.416 e. The van der Waals surface area contributed by atoms with Crippen molar-refractivity contribution in [1.82, 2.24) is 9.80 Å². The summed E-state index contributed by atoms with van der Waals surface area (Å²) in [5.74, 6) is -1.69. The molecule has 5 aromatic rings. The summed E-state index contributed by atoms with van der Waals surface area (Å²) in [6.45, 7) is 0.618. The van der Waals surface area contributed by atoms with Crippen molar-refractivity contribution >= 4 is 52.8 Å². The van der Waals surface area contributed by atoms with Gasteiger partial charge in [0.2, 0.25) is 5.91 Å². The minimum atomic E-state index is -5.10. The van der Waals surface area contributed by atoms with Gasteiger partial charge in [0.15, 0.2) is 5.78 Å². The molecule has 0 bridgehead atoms. The Labute approximate surface area is 292 Å². The zero-order valence-electron chi connectivity index (χ0n) is 27.5. The molecule has 12 heteroatoms. The van der Waals surface area contributed by atoms with Crippen LogP contribution >= 0.6 is 7.60 Å². The molecule has 1 aliphatic heterocycles. The fraction of sp³-hybridized carbons (Fsp3) is 0.205. The van der Waals surface area contributed by atoms with Crippen LogP contribution in [-0.2, 0) is 15.5 Å². The number of halogens is 3.